The Morgan fingerprint density at radius 3 is 2.73 bits per heavy atom. The quantitative estimate of drug-likeness (QED) is 0.511. The molecule has 1 aromatic carbocycles. The molecular formula is C9H6N2. The van der Waals surface area contributed by atoms with E-state index in [-0.39, 0.29) is 0 Å². The number of benzene rings is 1. The van der Waals surface area contributed by atoms with Gasteiger partial charge in [-0.05, 0) is 19.1 Å². The van der Waals surface area contributed by atoms with E-state index >= 15 is 0 Å². The summed E-state index contributed by atoms with van der Waals surface area (Å²) in [5, 5.41) is 8.53. The van der Waals surface area contributed by atoms with Gasteiger partial charge in [-0.3, -0.25) is 0 Å². The first kappa shape index (κ1) is 7.31. The number of hydrogen-bond donors (Lipinski definition) is 0. The van der Waals surface area contributed by atoms with E-state index in [1.54, 1.807) is 18.2 Å². The van der Waals surface area contributed by atoms with Gasteiger partial charge in [-0.1, -0.05) is 11.6 Å². The minimum atomic E-state index is 0.529. The maximum absolute atomic E-state index is 8.53. The molecule has 0 saturated heterocycles. The summed E-state index contributed by atoms with van der Waals surface area (Å²) in [4.78, 5) is 3.24. The van der Waals surface area contributed by atoms with Gasteiger partial charge in [0.2, 0.25) is 0 Å². The average Bonchev–Trinajstić information content (AvgIpc) is 2.03. The number of hydrogen-bond acceptors (Lipinski definition) is 1. The van der Waals surface area contributed by atoms with Crippen molar-refractivity contribution in [3.05, 3.63) is 40.7 Å². The minimum absolute atomic E-state index is 0.529. The Bertz CT molecular complexity index is 321. The smallest absolute Gasteiger partial charge is 0.188 e. The summed E-state index contributed by atoms with van der Waals surface area (Å²) in [7, 11) is 0. The molecule has 1 aromatic rings. The number of nitrogens with zero attached hydrogens (tertiary/aromatic N) is 2. The Balaban J connectivity index is 3.28. The van der Waals surface area contributed by atoms with Crippen LogP contribution in [0.15, 0.2) is 18.2 Å². The van der Waals surface area contributed by atoms with Gasteiger partial charge in [0.25, 0.3) is 0 Å². The molecule has 0 bridgehead atoms. The lowest BCUT2D eigenvalue weighted by atomic mass is 10.1. The fourth-order valence-corrected chi connectivity index (χ4v) is 0.892. The van der Waals surface area contributed by atoms with Crippen LogP contribution in [0.25, 0.3) is 4.85 Å². The molecule has 0 aliphatic heterocycles. The van der Waals surface area contributed by atoms with Crippen molar-refractivity contribution in [3.63, 3.8) is 0 Å². The second-order valence-electron chi connectivity index (χ2n) is 2.28. The van der Waals surface area contributed by atoms with Crippen molar-refractivity contribution < 1.29 is 0 Å². The van der Waals surface area contributed by atoms with E-state index in [1.165, 1.54) is 0 Å². The number of nitriles is 1. The third-order valence-electron chi connectivity index (χ3n) is 1.32. The van der Waals surface area contributed by atoms with Gasteiger partial charge in [0.05, 0.1) is 12.6 Å². The average molecular weight is 142 g/mol. The zero-order valence-electron chi connectivity index (χ0n) is 6.13. The van der Waals surface area contributed by atoms with Gasteiger partial charge in [-0.25, -0.2) is 4.85 Å². The van der Waals surface area contributed by atoms with Crippen LogP contribution in [-0.2, 0) is 0 Å². The largest absolute Gasteiger partial charge is 0.238 e. The van der Waals surface area contributed by atoms with Crippen LogP contribution in [0.5, 0.6) is 0 Å². The molecule has 0 aliphatic carbocycles. The number of rotatable bonds is 0. The van der Waals surface area contributed by atoms with Crippen LogP contribution >= 0.6 is 0 Å². The van der Waals surface area contributed by atoms with Gasteiger partial charge < -0.3 is 0 Å². The molecule has 52 valence electrons. The van der Waals surface area contributed by atoms with Crippen molar-refractivity contribution in [1.29, 1.82) is 5.26 Å². The molecule has 0 aliphatic rings. The van der Waals surface area contributed by atoms with E-state index in [9.17, 15) is 0 Å². The van der Waals surface area contributed by atoms with Crippen LogP contribution in [0.1, 0.15) is 11.1 Å². The molecule has 0 N–H and O–H groups in total. The molecule has 0 fully saturated rings. The van der Waals surface area contributed by atoms with Gasteiger partial charge in [-0.15, -0.1) is 0 Å². The second kappa shape index (κ2) is 2.86. The topological polar surface area (TPSA) is 28.1 Å². The Hall–Kier alpha value is -1.80. The molecular weight excluding hydrogens is 136 g/mol. The van der Waals surface area contributed by atoms with E-state index in [0.29, 0.717) is 11.3 Å². The lowest BCUT2D eigenvalue weighted by Crippen LogP contribution is -1.75. The first-order valence-corrected chi connectivity index (χ1v) is 3.15. The Kier molecular flexibility index (Phi) is 1.90. The normalized spacial score (nSPS) is 8.27. The summed E-state index contributed by atoms with van der Waals surface area (Å²) in [6.07, 6.45) is 0. The maximum Gasteiger partial charge on any atom is 0.188 e. The van der Waals surface area contributed by atoms with Crippen LogP contribution in [-0.4, -0.2) is 0 Å². The highest BCUT2D eigenvalue weighted by Crippen LogP contribution is 2.16. The fraction of sp³-hybridized carbons (Fsp3) is 0.111. The monoisotopic (exact) mass is 142 g/mol. The molecule has 0 unspecified atom stereocenters. The molecule has 0 heterocycles. The van der Waals surface area contributed by atoms with Crippen LogP contribution in [0, 0.1) is 24.8 Å². The predicted octanol–water partition coefficient (Wildman–Crippen LogP) is 2.42. The van der Waals surface area contributed by atoms with E-state index in [1.807, 2.05) is 13.0 Å². The van der Waals surface area contributed by atoms with Crippen LogP contribution in [0.4, 0.5) is 5.69 Å². The van der Waals surface area contributed by atoms with Crippen molar-refractivity contribution >= 4 is 5.69 Å². The Morgan fingerprint density at radius 1 is 1.45 bits per heavy atom. The van der Waals surface area contributed by atoms with E-state index in [4.69, 9.17) is 11.8 Å². The second-order valence-corrected chi connectivity index (χ2v) is 2.28. The Labute approximate surface area is 65.5 Å². The minimum Gasteiger partial charge on any atom is -0.238 e. The molecule has 0 saturated carbocycles. The zero-order chi connectivity index (χ0) is 8.27. The fourth-order valence-electron chi connectivity index (χ4n) is 0.892. The highest BCUT2D eigenvalue weighted by molar-refractivity contribution is 5.52. The summed E-state index contributed by atoms with van der Waals surface area (Å²) in [6, 6.07) is 7.10. The third kappa shape index (κ3) is 1.56. The van der Waals surface area contributed by atoms with E-state index < -0.39 is 0 Å². The summed E-state index contributed by atoms with van der Waals surface area (Å²) in [6.45, 7) is 8.60. The standard InChI is InChI=1S/C9H6N2/c1-7-3-8(6-10)5-9(4-7)11-2/h3-5H,1H3. The van der Waals surface area contributed by atoms with Crippen molar-refractivity contribution in [3.8, 4) is 6.07 Å². The Morgan fingerprint density at radius 2 is 2.18 bits per heavy atom. The summed E-state index contributed by atoms with van der Waals surface area (Å²) in [5.74, 6) is 0. The molecule has 2 heteroatoms. The van der Waals surface area contributed by atoms with Gasteiger partial charge in [0, 0.05) is 5.56 Å². The van der Waals surface area contributed by atoms with Crippen molar-refractivity contribution in [2.75, 3.05) is 0 Å². The van der Waals surface area contributed by atoms with Crippen LogP contribution < -0.4 is 0 Å². The third-order valence-corrected chi connectivity index (χ3v) is 1.32. The SMILES string of the molecule is [C-]#[N+]c1cc(C)cc(C#N)c1. The summed E-state index contributed by atoms with van der Waals surface area (Å²) < 4.78 is 0. The van der Waals surface area contributed by atoms with E-state index in [0.717, 1.165) is 5.56 Å². The first-order valence-electron chi connectivity index (χ1n) is 3.15. The maximum atomic E-state index is 8.53. The summed E-state index contributed by atoms with van der Waals surface area (Å²) in [5.41, 5.74) is 2.03. The van der Waals surface area contributed by atoms with E-state index in [2.05, 4.69) is 4.85 Å². The summed E-state index contributed by atoms with van der Waals surface area (Å²) >= 11 is 0. The molecule has 1 rings (SSSR count). The van der Waals surface area contributed by atoms with Gasteiger partial charge in [0.1, 0.15) is 0 Å². The van der Waals surface area contributed by atoms with Crippen molar-refractivity contribution in [2.24, 2.45) is 0 Å². The van der Waals surface area contributed by atoms with Gasteiger partial charge >= 0.3 is 0 Å². The molecule has 0 aromatic heterocycles. The lowest BCUT2D eigenvalue weighted by Gasteiger charge is -1.93. The lowest BCUT2D eigenvalue weighted by molar-refractivity contribution is 1.43. The highest BCUT2D eigenvalue weighted by atomic mass is 14.6. The predicted molar refractivity (Wildman–Crippen MR) is 42.2 cm³/mol. The van der Waals surface area contributed by atoms with Crippen molar-refractivity contribution in [1.82, 2.24) is 0 Å². The number of aryl methyl sites for hydroxylation is 1. The van der Waals surface area contributed by atoms with Crippen LogP contribution in [0.2, 0.25) is 0 Å². The zero-order valence-corrected chi connectivity index (χ0v) is 6.13. The molecule has 0 spiro atoms. The van der Waals surface area contributed by atoms with Gasteiger partial charge in [-0.2, -0.15) is 5.26 Å². The molecule has 2 nitrogen and oxygen atoms in total. The van der Waals surface area contributed by atoms with Crippen LogP contribution in [0.3, 0.4) is 0 Å². The molecule has 11 heavy (non-hydrogen) atoms. The molecule has 0 amide bonds. The molecule has 0 radical (unpaired) electrons. The van der Waals surface area contributed by atoms with Crippen molar-refractivity contribution in [2.45, 2.75) is 6.92 Å². The molecule has 0 atom stereocenters. The van der Waals surface area contributed by atoms with Gasteiger partial charge in [0.15, 0.2) is 5.69 Å². The highest BCUT2D eigenvalue weighted by Gasteiger charge is 1.95. The first-order chi connectivity index (χ1) is 5.26.